The zero-order chi connectivity index (χ0) is 22.7. The molecular weight excluding hydrogens is 488 g/mol. The molecule has 0 saturated carbocycles. The normalized spacial score (nSPS) is 19.3. The molecule has 5 N–H and O–H groups in total. The maximum Gasteiger partial charge on any atom is 0.317 e. The van der Waals surface area contributed by atoms with Crippen LogP contribution in [-0.2, 0) is 21.2 Å². The predicted octanol–water partition coefficient (Wildman–Crippen LogP) is 1.10. The van der Waals surface area contributed by atoms with Gasteiger partial charge in [-0.3, -0.25) is 19.0 Å². The van der Waals surface area contributed by atoms with E-state index in [9.17, 15) is 22.8 Å². The highest BCUT2D eigenvalue weighted by Gasteiger charge is 2.39. The van der Waals surface area contributed by atoms with Gasteiger partial charge in [0.2, 0.25) is 15.9 Å². The fraction of sp³-hybridized carbons (Fsp3) is 0.250. The molecule has 3 aromatic rings. The highest BCUT2D eigenvalue weighted by atomic mass is 79.9. The monoisotopic (exact) mass is 506 g/mol. The first-order chi connectivity index (χ1) is 14.5. The standard InChI is InChI=1S/C20H19BrN4O5S/c1-9-6-11-7-12(21)8-14-17(11)25(20(28)19(27)24-14)16(9)15(18(22)26)10-2-4-13(5-3-10)31(23,29)30/h2-5,7-9,15-16H,6H2,1H3,(H2,22,26)(H,24,27)(H2,23,29,30). The zero-order valence-corrected chi connectivity index (χ0v) is 18.7. The van der Waals surface area contributed by atoms with Gasteiger partial charge in [-0.1, -0.05) is 35.0 Å². The molecule has 11 heteroatoms. The van der Waals surface area contributed by atoms with E-state index in [1.54, 1.807) is 6.07 Å². The Balaban J connectivity index is 1.98. The summed E-state index contributed by atoms with van der Waals surface area (Å²) in [5.41, 5.74) is 6.47. The van der Waals surface area contributed by atoms with E-state index in [4.69, 9.17) is 10.9 Å². The van der Waals surface area contributed by atoms with E-state index in [1.807, 2.05) is 13.0 Å². The van der Waals surface area contributed by atoms with Crippen LogP contribution in [0.25, 0.3) is 11.0 Å². The zero-order valence-electron chi connectivity index (χ0n) is 16.3. The van der Waals surface area contributed by atoms with Gasteiger partial charge in [0.15, 0.2) is 0 Å². The van der Waals surface area contributed by atoms with Gasteiger partial charge in [0, 0.05) is 4.47 Å². The quantitative estimate of drug-likeness (QED) is 0.451. The smallest absolute Gasteiger partial charge is 0.317 e. The molecule has 3 unspecified atom stereocenters. The number of primary sulfonamides is 1. The molecule has 162 valence electrons. The summed E-state index contributed by atoms with van der Waals surface area (Å²) in [6.45, 7) is 1.88. The van der Waals surface area contributed by atoms with Gasteiger partial charge in [-0.15, -0.1) is 0 Å². The molecule has 2 heterocycles. The second-order valence-electron chi connectivity index (χ2n) is 7.76. The van der Waals surface area contributed by atoms with Crippen molar-refractivity contribution in [1.82, 2.24) is 9.55 Å². The Hall–Kier alpha value is -2.76. The van der Waals surface area contributed by atoms with Crippen LogP contribution < -0.4 is 22.0 Å². The van der Waals surface area contributed by atoms with Crippen molar-refractivity contribution in [3.8, 4) is 0 Å². The van der Waals surface area contributed by atoms with Crippen molar-refractivity contribution in [2.45, 2.75) is 30.2 Å². The topological polar surface area (TPSA) is 158 Å². The maximum absolute atomic E-state index is 12.9. The number of aromatic nitrogens is 2. The number of rotatable bonds is 4. The third kappa shape index (κ3) is 3.62. The molecule has 2 aromatic carbocycles. The summed E-state index contributed by atoms with van der Waals surface area (Å²) in [6, 6.07) is 8.32. The number of carbonyl (C=O) groups excluding carboxylic acids is 1. The first-order valence-electron chi connectivity index (χ1n) is 9.38. The Morgan fingerprint density at radius 1 is 1.23 bits per heavy atom. The van der Waals surface area contributed by atoms with Gasteiger partial charge < -0.3 is 10.7 Å². The van der Waals surface area contributed by atoms with E-state index >= 15 is 0 Å². The van der Waals surface area contributed by atoms with Crippen LogP contribution in [0.1, 0.15) is 30.0 Å². The van der Waals surface area contributed by atoms with E-state index in [0.29, 0.717) is 23.0 Å². The molecule has 4 rings (SSSR count). The number of amides is 1. The Kier molecular flexibility index (Phi) is 5.15. The number of nitrogens with zero attached hydrogens (tertiary/aromatic N) is 1. The minimum atomic E-state index is -3.91. The third-order valence-corrected chi connectivity index (χ3v) is 7.08. The molecule has 0 bridgehead atoms. The molecule has 0 fully saturated rings. The van der Waals surface area contributed by atoms with E-state index < -0.39 is 39.0 Å². The Bertz CT molecular complexity index is 1440. The molecule has 9 nitrogen and oxygen atoms in total. The van der Waals surface area contributed by atoms with Crippen LogP contribution in [0.15, 0.2) is 55.4 Å². The Labute approximate surface area is 185 Å². The molecule has 31 heavy (non-hydrogen) atoms. The van der Waals surface area contributed by atoms with Crippen LogP contribution in [0.2, 0.25) is 0 Å². The fourth-order valence-corrected chi connectivity index (χ4v) is 5.48. The number of nitrogens with one attached hydrogen (secondary N) is 1. The highest BCUT2D eigenvalue weighted by molar-refractivity contribution is 9.10. The molecule has 0 radical (unpaired) electrons. The second-order valence-corrected chi connectivity index (χ2v) is 10.2. The number of nitrogens with two attached hydrogens (primary N) is 2. The van der Waals surface area contributed by atoms with Crippen molar-refractivity contribution in [2.75, 3.05) is 0 Å². The minimum Gasteiger partial charge on any atom is -0.369 e. The van der Waals surface area contributed by atoms with E-state index in [1.165, 1.54) is 28.8 Å². The Morgan fingerprint density at radius 2 is 1.87 bits per heavy atom. The lowest BCUT2D eigenvalue weighted by Crippen LogP contribution is -2.46. The van der Waals surface area contributed by atoms with Crippen molar-refractivity contribution >= 4 is 42.9 Å². The van der Waals surface area contributed by atoms with Gasteiger partial charge in [0.25, 0.3) is 0 Å². The number of primary amides is 1. The highest BCUT2D eigenvalue weighted by Crippen LogP contribution is 2.41. The predicted molar refractivity (Wildman–Crippen MR) is 118 cm³/mol. The molecule has 1 aliphatic rings. The number of carbonyl (C=O) groups is 1. The summed E-state index contributed by atoms with van der Waals surface area (Å²) in [4.78, 5) is 40.4. The number of hydrogen-bond donors (Lipinski definition) is 3. The largest absolute Gasteiger partial charge is 0.369 e. The average Bonchev–Trinajstić information content (AvgIpc) is 2.66. The minimum absolute atomic E-state index is 0.109. The van der Waals surface area contributed by atoms with Crippen LogP contribution in [0.3, 0.4) is 0 Å². The number of benzene rings is 2. The number of hydrogen-bond acceptors (Lipinski definition) is 5. The van der Waals surface area contributed by atoms with Gasteiger partial charge in [-0.25, -0.2) is 13.6 Å². The summed E-state index contributed by atoms with van der Waals surface area (Å²) < 4.78 is 25.3. The molecular formula is C20H19BrN4O5S. The molecule has 0 saturated heterocycles. The van der Waals surface area contributed by atoms with Crippen molar-refractivity contribution in [2.24, 2.45) is 16.8 Å². The van der Waals surface area contributed by atoms with Crippen LogP contribution in [-0.4, -0.2) is 23.9 Å². The van der Waals surface area contributed by atoms with Crippen molar-refractivity contribution in [1.29, 1.82) is 0 Å². The van der Waals surface area contributed by atoms with Gasteiger partial charge >= 0.3 is 11.1 Å². The summed E-state index contributed by atoms with van der Waals surface area (Å²) in [5, 5.41) is 5.15. The second kappa shape index (κ2) is 7.43. The summed E-state index contributed by atoms with van der Waals surface area (Å²) in [5.74, 6) is -1.88. The number of sulfonamides is 1. The maximum atomic E-state index is 12.9. The van der Waals surface area contributed by atoms with E-state index in [-0.39, 0.29) is 10.8 Å². The number of aromatic amines is 1. The van der Waals surface area contributed by atoms with Gasteiger partial charge in [0.05, 0.1) is 27.9 Å². The lowest BCUT2D eigenvalue weighted by Gasteiger charge is -2.37. The summed E-state index contributed by atoms with van der Waals surface area (Å²) >= 11 is 3.42. The van der Waals surface area contributed by atoms with Crippen molar-refractivity contribution < 1.29 is 13.2 Å². The van der Waals surface area contributed by atoms with Crippen LogP contribution in [0.4, 0.5) is 0 Å². The summed E-state index contributed by atoms with van der Waals surface area (Å²) in [7, 11) is -3.91. The van der Waals surface area contributed by atoms with E-state index in [0.717, 1.165) is 10.0 Å². The average molecular weight is 507 g/mol. The molecule has 0 aliphatic carbocycles. The lowest BCUT2D eigenvalue weighted by atomic mass is 9.78. The fourth-order valence-electron chi connectivity index (χ4n) is 4.46. The first kappa shape index (κ1) is 21.5. The summed E-state index contributed by atoms with van der Waals surface area (Å²) in [6.07, 6.45) is 0.547. The Morgan fingerprint density at radius 3 is 2.45 bits per heavy atom. The van der Waals surface area contributed by atoms with Gasteiger partial charge in [0.1, 0.15) is 0 Å². The number of H-pyrrole nitrogens is 1. The molecule has 3 atom stereocenters. The van der Waals surface area contributed by atoms with Crippen molar-refractivity contribution in [3.63, 3.8) is 0 Å². The van der Waals surface area contributed by atoms with Crippen LogP contribution >= 0.6 is 15.9 Å². The van der Waals surface area contributed by atoms with Crippen molar-refractivity contribution in [3.05, 3.63) is 72.7 Å². The van der Waals surface area contributed by atoms with Crippen LogP contribution in [0.5, 0.6) is 0 Å². The third-order valence-electron chi connectivity index (χ3n) is 5.69. The van der Waals surface area contributed by atoms with Crippen LogP contribution in [0, 0.1) is 5.92 Å². The molecule has 1 amide bonds. The number of halogens is 1. The lowest BCUT2D eigenvalue weighted by molar-refractivity contribution is -0.120. The van der Waals surface area contributed by atoms with Gasteiger partial charge in [-0.05, 0) is 47.7 Å². The molecule has 1 aromatic heterocycles. The molecule has 1 aliphatic heterocycles. The molecule has 0 spiro atoms. The van der Waals surface area contributed by atoms with E-state index in [2.05, 4.69) is 20.9 Å². The van der Waals surface area contributed by atoms with Gasteiger partial charge in [-0.2, -0.15) is 0 Å². The SMILES string of the molecule is CC1Cc2cc(Br)cc3[nH]c(=O)c(=O)n(c23)C1C(C(N)=O)c1ccc(S(N)(=O)=O)cc1. The first-order valence-corrected chi connectivity index (χ1v) is 11.7.